The van der Waals surface area contributed by atoms with E-state index >= 15 is 0 Å². The minimum Gasteiger partial charge on any atom is -0.496 e. The molecule has 10 nitrogen and oxygen atoms in total. The van der Waals surface area contributed by atoms with Gasteiger partial charge in [-0.05, 0) is 69.5 Å². The van der Waals surface area contributed by atoms with Gasteiger partial charge < -0.3 is 29.5 Å². The van der Waals surface area contributed by atoms with Gasteiger partial charge in [-0.2, -0.15) is 0 Å². The first-order valence-electron chi connectivity index (χ1n) is 14.2. The van der Waals surface area contributed by atoms with Crippen molar-refractivity contribution < 1.29 is 14.3 Å². The number of piperazine rings is 1. The highest BCUT2D eigenvalue weighted by atomic mass is 32.2. The third-order valence-electron chi connectivity index (χ3n) is 7.63. The van der Waals surface area contributed by atoms with Crippen molar-refractivity contribution in [3.63, 3.8) is 0 Å². The maximum atomic E-state index is 13.8. The Morgan fingerprint density at radius 3 is 2.52 bits per heavy atom. The predicted octanol–water partition coefficient (Wildman–Crippen LogP) is 3.50. The quantitative estimate of drug-likeness (QED) is 0.133. The van der Waals surface area contributed by atoms with E-state index in [0.717, 1.165) is 72.9 Å². The fourth-order valence-electron chi connectivity index (χ4n) is 5.22. The van der Waals surface area contributed by atoms with E-state index in [1.807, 2.05) is 33.3 Å². The second-order valence-electron chi connectivity index (χ2n) is 11.0. The number of carbonyl (C=O) groups excluding carboxylic acids is 2. The number of allylic oxidation sites excluding steroid dienone is 2. The second-order valence-corrected chi connectivity index (χ2v) is 12.3. The van der Waals surface area contributed by atoms with Crippen LogP contribution in [0.2, 0.25) is 0 Å². The molecular formula is C31H43N7O3S. The van der Waals surface area contributed by atoms with Gasteiger partial charge in [0.05, 0.1) is 18.4 Å². The molecule has 0 saturated carbocycles. The number of pyridine rings is 1. The lowest BCUT2D eigenvalue weighted by molar-refractivity contribution is -0.105. The summed E-state index contributed by atoms with van der Waals surface area (Å²) in [5, 5.41) is 6.00. The number of aldehydes is 1. The smallest absolute Gasteiger partial charge is 0.251 e. The first kappa shape index (κ1) is 31.4. The van der Waals surface area contributed by atoms with Crippen LogP contribution in [0.15, 0.2) is 53.6 Å². The number of rotatable bonds is 11. The van der Waals surface area contributed by atoms with E-state index in [2.05, 4.69) is 61.2 Å². The van der Waals surface area contributed by atoms with Gasteiger partial charge in [-0.25, -0.2) is 9.29 Å². The van der Waals surface area contributed by atoms with Gasteiger partial charge in [0.1, 0.15) is 11.6 Å². The van der Waals surface area contributed by atoms with Crippen molar-refractivity contribution in [2.45, 2.75) is 19.8 Å². The van der Waals surface area contributed by atoms with Gasteiger partial charge in [-0.15, -0.1) is 0 Å². The molecule has 4 rings (SSSR count). The van der Waals surface area contributed by atoms with Gasteiger partial charge in [0.15, 0.2) is 6.29 Å². The van der Waals surface area contributed by atoms with Crippen molar-refractivity contribution >= 4 is 35.8 Å². The highest BCUT2D eigenvalue weighted by Gasteiger charge is 2.32. The van der Waals surface area contributed by atoms with Crippen LogP contribution in [-0.2, 0) is 9.53 Å². The number of hydrogen-bond acceptors (Lipinski definition) is 10. The summed E-state index contributed by atoms with van der Waals surface area (Å²) in [4.78, 5) is 35.1. The van der Waals surface area contributed by atoms with Crippen LogP contribution < -0.4 is 19.8 Å². The first-order chi connectivity index (χ1) is 20.1. The molecule has 2 aromatic rings. The molecule has 0 spiro atoms. The summed E-state index contributed by atoms with van der Waals surface area (Å²) in [5.41, 5.74) is 5.68. The van der Waals surface area contributed by atoms with E-state index in [1.54, 1.807) is 25.3 Å². The fourth-order valence-corrected chi connectivity index (χ4v) is 6.14. The summed E-state index contributed by atoms with van der Waals surface area (Å²) in [6.45, 7) is 8.78. The number of anilines is 2. The molecule has 0 radical (unpaired) electrons. The SMILES string of the molecule is CN/C(C)=C\C(OC)=C(/C=O)CNC(=O)c1cc(-c2ccc(N3CCN(C)CC3)nc2)cc2c1C(C)CN2SN(C)C. The molecule has 0 bridgehead atoms. The van der Waals surface area contributed by atoms with Gasteiger partial charge in [-0.1, -0.05) is 6.92 Å². The van der Waals surface area contributed by atoms with E-state index in [9.17, 15) is 9.59 Å². The number of aromatic nitrogens is 1. The molecule has 1 saturated heterocycles. The van der Waals surface area contributed by atoms with Gasteiger partial charge >= 0.3 is 0 Å². The monoisotopic (exact) mass is 593 g/mol. The number of ether oxygens (including phenoxy) is 1. The molecule has 1 aromatic heterocycles. The van der Waals surface area contributed by atoms with Crippen LogP contribution in [0.5, 0.6) is 0 Å². The fraction of sp³-hybridized carbons (Fsp3) is 0.452. The van der Waals surface area contributed by atoms with Gasteiger partial charge in [0.25, 0.3) is 5.91 Å². The number of methoxy groups -OCH3 is 1. The predicted molar refractivity (Wildman–Crippen MR) is 172 cm³/mol. The van der Waals surface area contributed by atoms with E-state index in [4.69, 9.17) is 9.72 Å². The molecule has 2 N–H and O–H groups in total. The van der Waals surface area contributed by atoms with Gasteiger partial charge in [0.2, 0.25) is 0 Å². The zero-order valence-electron chi connectivity index (χ0n) is 25.7. The highest BCUT2D eigenvalue weighted by molar-refractivity contribution is 7.98. The van der Waals surface area contributed by atoms with Crippen molar-refractivity contribution in [1.82, 2.24) is 24.8 Å². The van der Waals surface area contributed by atoms with Crippen LogP contribution in [0.4, 0.5) is 11.5 Å². The summed E-state index contributed by atoms with van der Waals surface area (Å²) in [5.74, 6) is 1.29. The number of nitrogens with one attached hydrogen (secondary N) is 2. The number of fused-ring (bicyclic) bond motifs is 1. The summed E-state index contributed by atoms with van der Waals surface area (Å²) in [7, 11) is 9.47. The van der Waals surface area contributed by atoms with E-state index in [-0.39, 0.29) is 18.4 Å². The lowest BCUT2D eigenvalue weighted by Gasteiger charge is -2.33. The summed E-state index contributed by atoms with van der Waals surface area (Å²) < 4.78 is 9.73. The van der Waals surface area contributed by atoms with E-state index < -0.39 is 0 Å². The maximum absolute atomic E-state index is 13.8. The zero-order valence-corrected chi connectivity index (χ0v) is 26.5. The van der Waals surface area contributed by atoms with Gasteiger partial charge in [-0.3, -0.25) is 9.59 Å². The molecule has 1 aromatic carbocycles. The number of nitrogens with zero attached hydrogens (tertiary/aromatic N) is 5. The molecule has 3 heterocycles. The number of likely N-dealkylation sites (N-methyl/N-ethyl adjacent to an activating group) is 1. The molecule has 2 aliphatic heterocycles. The minimum absolute atomic E-state index is 0.0455. The number of amides is 1. The Kier molecular flexibility index (Phi) is 10.5. The Labute approximate surface area is 254 Å². The Balaban J connectivity index is 1.68. The number of hydrogen-bond donors (Lipinski definition) is 2. The Hall–Kier alpha value is -3.54. The van der Waals surface area contributed by atoms with Crippen LogP contribution >= 0.6 is 12.1 Å². The molecule has 1 atom stereocenters. The summed E-state index contributed by atoms with van der Waals surface area (Å²) in [6.07, 6.45) is 4.37. The standard InChI is InChI=1S/C31H43N7O3S/c1-21-19-38(42-35(4)5)27-16-24(23-8-9-29(33-17-23)37-12-10-36(6)11-13-37)15-26(30(21)27)31(40)34-18-25(20-39)28(41-7)14-22(2)32-3/h8-9,14-17,20-21,32H,10-13,18-19H2,1-7H3,(H,34,40)/b22-14-,28-25+. The van der Waals surface area contributed by atoms with E-state index in [1.165, 1.54) is 7.11 Å². The molecule has 1 unspecified atom stereocenters. The van der Waals surface area contributed by atoms with Crippen LogP contribution in [0.1, 0.15) is 35.7 Å². The van der Waals surface area contributed by atoms with E-state index in [0.29, 0.717) is 16.9 Å². The van der Waals surface area contributed by atoms with Crippen molar-refractivity contribution in [2.75, 3.05) is 83.8 Å². The van der Waals surface area contributed by atoms with Crippen LogP contribution in [0.25, 0.3) is 11.1 Å². The van der Waals surface area contributed by atoms with Crippen LogP contribution in [-0.4, -0.2) is 101 Å². The average molecular weight is 594 g/mol. The lowest BCUT2D eigenvalue weighted by Crippen LogP contribution is -2.44. The third kappa shape index (κ3) is 7.26. The lowest BCUT2D eigenvalue weighted by atomic mass is 9.93. The van der Waals surface area contributed by atoms with Crippen LogP contribution in [0.3, 0.4) is 0 Å². The zero-order chi connectivity index (χ0) is 30.4. The maximum Gasteiger partial charge on any atom is 0.251 e. The Morgan fingerprint density at radius 1 is 1.19 bits per heavy atom. The van der Waals surface area contributed by atoms with Crippen LogP contribution in [0, 0.1) is 0 Å². The Bertz CT molecular complexity index is 1330. The first-order valence-corrected chi connectivity index (χ1v) is 15.0. The summed E-state index contributed by atoms with van der Waals surface area (Å²) in [6, 6.07) is 8.26. The minimum atomic E-state index is -0.234. The summed E-state index contributed by atoms with van der Waals surface area (Å²) >= 11 is 1.62. The molecule has 1 amide bonds. The topological polar surface area (TPSA) is 93.3 Å². The van der Waals surface area contributed by atoms with Crippen molar-refractivity contribution in [2.24, 2.45) is 0 Å². The molecule has 11 heteroatoms. The third-order valence-corrected chi connectivity index (χ3v) is 8.50. The highest BCUT2D eigenvalue weighted by Crippen LogP contribution is 2.44. The number of benzene rings is 1. The Morgan fingerprint density at radius 2 is 1.93 bits per heavy atom. The largest absolute Gasteiger partial charge is 0.496 e. The molecule has 0 aliphatic carbocycles. The van der Waals surface area contributed by atoms with Crippen molar-refractivity contribution in [3.05, 3.63) is 64.7 Å². The molecule has 226 valence electrons. The average Bonchev–Trinajstić information content (AvgIpc) is 3.30. The van der Waals surface area contributed by atoms with Crippen molar-refractivity contribution in [3.8, 4) is 11.1 Å². The molecular weight excluding hydrogens is 550 g/mol. The van der Waals surface area contributed by atoms with Gasteiger partial charge in [0, 0.05) is 87.4 Å². The molecule has 1 fully saturated rings. The normalized spacial score (nSPS) is 18.1. The second kappa shape index (κ2) is 14.1. The molecule has 42 heavy (non-hydrogen) atoms. The molecule has 2 aliphatic rings. The van der Waals surface area contributed by atoms with Crippen molar-refractivity contribution in [1.29, 1.82) is 0 Å². The number of carbonyl (C=O) groups is 2.